The van der Waals surface area contributed by atoms with Gasteiger partial charge in [-0.3, -0.25) is 0 Å². The molecule has 4 nitrogen and oxygen atoms in total. The van der Waals surface area contributed by atoms with E-state index in [0.717, 1.165) is 17.4 Å². The van der Waals surface area contributed by atoms with E-state index in [-0.39, 0.29) is 6.61 Å². The minimum Gasteiger partial charge on any atom is -0.467 e. The zero-order valence-electron chi connectivity index (χ0n) is 9.39. The van der Waals surface area contributed by atoms with Crippen LogP contribution in [0.25, 0.3) is 0 Å². The molecule has 2 aromatic rings. The summed E-state index contributed by atoms with van der Waals surface area (Å²) >= 11 is 7.32. The van der Waals surface area contributed by atoms with Crippen molar-refractivity contribution in [2.75, 3.05) is 11.4 Å². The fourth-order valence-corrected chi connectivity index (χ4v) is 2.64. The van der Waals surface area contributed by atoms with E-state index in [9.17, 15) is 0 Å². The fourth-order valence-electron chi connectivity index (χ4n) is 1.46. The molecule has 0 radical (unpaired) electrons. The monoisotopic (exact) mass is 272 g/mol. The van der Waals surface area contributed by atoms with Gasteiger partial charge in [0.1, 0.15) is 10.9 Å². The smallest absolute Gasteiger partial charge is 0.187 e. The number of halogens is 1. The number of hydrogen-bond acceptors (Lipinski definition) is 5. The third-order valence-electron chi connectivity index (χ3n) is 2.36. The summed E-state index contributed by atoms with van der Waals surface area (Å²) in [5, 5.41) is 10.3. The molecule has 1 N–H and O–H groups in total. The molecule has 0 atom stereocenters. The second kappa shape index (κ2) is 5.53. The Morgan fingerprint density at radius 1 is 1.59 bits per heavy atom. The first-order valence-electron chi connectivity index (χ1n) is 5.28. The standard InChI is InChI=1S/C11H13ClN2O2S/c1-2-14(6-8-4-3-5-16-8)11-13-10(12)9(7-15)17-11/h3-5,15H,2,6-7H2,1H3. The number of aliphatic hydroxyl groups excluding tert-OH is 1. The largest absolute Gasteiger partial charge is 0.467 e. The van der Waals surface area contributed by atoms with Gasteiger partial charge in [0.15, 0.2) is 5.13 Å². The molecular weight excluding hydrogens is 260 g/mol. The van der Waals surface area contributed by atoms with Crippen LogP contribution < -0.4 is 4.90 Å². The molecule has 2 heterocycles. The molecule has 6 heteroatoms. The van der Waals surface area contributed by atoms with Crippen molar-refractivity contribution in [2.45, 2.75) is 20.1 Å². The van der Waals surface area contributed by atoms with E-state index in [1.807, 2.05) is 19.1 Å². The quantitative estimate of drug-likeness (QED) is 0.909. The first kappa shape index (κ1) is 12.4. The van der Waals surface area contributed by atoms with Crippen molar-refractivity contribution in [3.8, 4) is 0 Å². The molecule has 2 rings (SSSR count). The van der Waals surface area contributed by atoms with E-state index < -0.39 is 0 Å². The highest BCUT2D eigenvalue weighted by Crippen LogP contribution is 2.30. The van der Waals surface area contributed by atoms with E-state index in [1.165, 1.54) is 11.3 Å². The summed E-state index contributed by atoms with van der Waals surface area (Å²) < 4.78 is 5.30. The van der Waals surface area contributed by atoms with Gasteiger partial charge in [0, 0.05) is 6.54 Å². The van der Waals surface area contributed by atoms with Crippen LogP contribution in [0.5, 0.6) is 0 Å². The van der Waals surface area contributed by atoms with Crippen molar-refractivity contribution < 1.29 is 9.52 Å². The Morgan fingerprint density at radius 3 is 2.94 bits per heavy atom. The first-order chi connectivity index (χ1) is 8.24. The Hall–Kier alpha value is -1.04. The molecule has 0 bridgehead atoms. The van der Waals surface area contributed by atoms with Gasteiger partial charge in [-0.05, 0) is 19.1 Å². The zero-order chi connectivity index (χ0) is 12.3. The lowest BCUT2D eigenvalue weighted by atomic mass is 10.4. The molecule has 0 aromatic carbocycles. The molecular formula is C11H13ClN2O2S. The number of hydrogen-bond donors (Lipinski definition) is 1. The van der Waals surface area contributed by atoms with Crippen molar-refractivity contribution in [1.82, 2.24) is 4.98 Å². The van der Waals surface area contributed by atoms with Gasteiger partial charge in [-0.25, -0.2) is 4.98 Å². The molecule has 0 aliphatic heterocycles. The van der Waals surface area contributed by atoms with Gasteiger partial charge in [0.05, 0.1) is 24.3 Å². The van der Waals surface area contributed by atoms with Gasteiger partial charge >= 0.3 is 0 Å². The summed E-state index contributed by atoms with van der Waals surface area (Å²) in [7, 11) is 0. The average Bonchev–Trinajstić information content (AvgIpc) is 2.95. The SMILES string of the molecule is CCN(Cc1ccco1)c1nc(Cl)c(CO)s1. The van der Waals surface area contributed by atoms with Crippen molar-refractivity contribution in [1.29, 1.82) is 0 Å². The highest BCUT2D eigenvalue weighted by Gasteiger charge is 2.14. The molecule has 0 amide bonds. The van der Waals surface area contributed by atoms with Crippen LogP contribution in [0.15, 0.2) is 22.8 Å². The summed E-state index contributed by atoms with van der Waals surface area (Å²) in [6, 6.07) is 3.78. The normalized spacial score (nSPS) is 10.8. The number of furan rings is 1. The van der Waals surface area contributed by atoms with Crippen molar-refractivity contribution in [2.24, 2.45) is 0 Å². The average molecular weight is 273 g/mol. The van der Waals surface area contributed by atoms with Crippen molar-refractivity contribution >= 4 is 28.1 Å². The second-order valence-electron chi connectivity index (χ2n) is 3.46. The number of aromatic nitrogens is 1. The number of rotatable bonds is 5. The second-order valence-corrected chi connectivity index (χ2v) is 4.88. The fraction of sp³-hybridized carbons (Fsp3) is 0.364. The predicted octanol–water partition coefficient (Wildman–Crippen LogP) is 2.91. The van der Waals surface area contributed by atoms with E-state index in [0.29, 0.717) is 16.6 Å². The van der Waals surface area contributed by atoms with Crippen LogP contribution in [0, 0.1) is 0 Å². The van der Waals surface area contributed by atoms with Crippen LogP contribution in [-0.4, -0.2) is 16.6 Å². The molecule has 0 fully saturated rings. The van der Waals surface area contributed by atoms with Gasteiger partial charge in [-0.1, -0.05) is 22.9 Å². The van der Waals surface area contributed by atoms with Gasteiger partial charge in [-0.2, -0.15) is 0 Å². The summed E-state index contributed by atoms with van der Waals surface area (Å²) in [5.74, 6) is 0.878. The van der Waals surface area contributed by atoms with Crippen molar-refractivity contribution in [3.05, 3.63) is 34.2 Å². The Labute approximate surface area is 108 Å². The topological polar surface area (TPSA) is 49.5 Å². The molecule has 2 aromatic heterocycles. The number of anilines is 1. The summed E-state index contributed by atoms with van der Waals surface area (Å²) in [6.07, 6.45) is 1.65. The summed E-state index contributed by atoms with van der Waals surface area (Å²) in [5.41, 5.74) is 0. The van der Waals surface area contributed by atoms with E-state index >= 15 is 0 Å². The molecule has 0 aliphatic rings. The van der Waals surface area contributed by atoms with Crippen LogP contribution in [0.4, 0.5) is 5.13 Å². The van der Waals surface area contributed by atoms with Crippen LogP contribution in [-0.2, 0) is 13.2 Å². The third-order valence-corrected chi connectivity index (χ3v) is 3.89. The molecule has 0 spiro atoms. The Bertz CT molecular complexity index is 470. The maximum absolute atomic E-state index is 9.09. The maximum atomic E-state index is 9.09. The predicted molar refractivity (Wildman–Crippen MR) is 68.5 cm³/mol. The van der Waals surface area contributed by atoms with Crippen LogP contribution in [0.3, 0.4) is 0 Å². The van der Waals surface area contributed by atoms with Crippen LogP contribution in [0.2, 0.25) is 5.15 Å². The lowest BCUT2D eigenvalue weighted by Gasteiger charge is -2.17. The summed E-state index contributed by atoms with van der Waals surface area (Å²) in [4.78, 5) is 6.99. The molecule has 92 valence electrons. The van der Waals surface area contributed by atoms with Gasteiger partial charge in [0.2, 0.25) is 0 Å². The Balaban J connectivity index is 2.17. The highest BCUT2D eigenvalue weighted by atomic mass is 35.5. The van der Waals surface area contributed by atoms with Gasteiger partial charge in [0.25, 0.3) is 0 Å². The molecule has 0 saturated carbocycles. The first-order valence-corrected chi connectivity index (χ1v) is 6.47. The maximum Gasteiger partial charge on any atom is 0.187 e. The lowest BCUT2D eigenvalue weighted by molar-refractivity contribution is 0.285. The number of thiazole rings is 1. The Kier molecular flexibility index (Phi) is 4.04. The number of aliphatic hydroxyl groups is 1. The number of nitrogens with zero attached hydrogens (tertiary/aromatic N) is 2. The third kappa shape index (κ3) is 2.80. The van der Waals surface area contributed by atoms with E-state index in [1.54, 1.807) is 6.26 Å². The van der Waals surface area contributed by atoms with Crippen LogP contribution >= 0.6 is 22.9 Å². The summed E-state index contributed by atoms with van der Waals surface area (Å²) in [6.45, 7) is 3.42. The molecule has 0 saturated heterocycles. The zero-order valence-corrected chi connectivity index (χ0v) is 11.0. The molecule has 17 heavy (non-hydrogen) atoms. The lowest BCUT2D eigenvalue weighted by Crippen LogP contribution is -2.21. The minimum atomic E-state index is -0.0746. The van der Waals surface area contributed by atoms with Gasteiger partial charge in [-0.15, -0.1) is 0 Å². The van der Waals surface area contributed by atoms with E-state index in [2.05, 4.69) is 9.88 Å². The van der Waals surface area contributed by atoms with Crippen molar-refractivity contribution in [3.63, 3.8) is 0 Å². The molecule has 0 unspecified atom stereocenters. The Morgan fingerprint density at radius 2 is 2.41 bits per heavy atom. The van der Waals surface area contributed by atoms with Gasteiger partial charge < -0.3 is 14.4 Å². The molecule has 0 aliphatic carbocycles. The van der Waals surface area contributed by atoms with E-state index in [4.69, 9.17) is 21.1 Å². The highest BCUT2D eigenvalue weighted by molar-refractivity contribution is 7.16. The van der Waals surface area contributed by atoms with Crippen LogP contribution in [0.1, 0.15) is 17.6 Å². The minimum absolute atomic E-state index is 0.0746.